The molecule has 0 aliphatic rings. The molecule has 1 aromatic carbocycles. The summed E-state index contributed by atoms with van der Waals surface area (Å²) in [6.45, 7) is 0. The number of methoxy groups -OCH3 is 1. The summed E-state index contributed by atoms with van der Waals surface area (Å²) < 4.78 is 31.6. The second-order valence-corrected chi connectivity index (χ2v) is 6.54. The fraction of sp³-hybridized carbons (Fsp3) is 0.0909. The van der Waals surface area contributed by atoms with Gasteiger partial charge in [-0.3, -0.25) is 14.8 Å². The minimum atomic E-state index is -3.78. The number of ether oxygens (including phenoxy) is 1. The molecule has 2 aromatic rings. The van der Waals surface area contributed by atoms with E-state index in [1.54, 1.807) is 11.4 Å². The molecule has 0 radical (unpaired) electrons. The third-order valence-electron chi connectivity index (χ3n) is 2.40. The summed E-state index contributed by atoms with van der Waals surface area (Å²) in [7, 11) is -2.43. The van der Waals surface area contributed by atoms with E-state index in [1.807, 2.05) is 0 Å². The molecule has 0 aliphatic carbocycles. The molecular formula is C11H10N2O5S2. The van der Waals surface area contributed by atoms with Gasteiger partial charge in [-0.15, -0.1) is 11.3 Å². The van der Waals surface area contributed by atoms with Crippen molar-refractivity contribution in [2.75, 3.05) is 11.8 Å². The van der Waals surface area contributed by atoms with Gasteiger partial charge in [-0.2, -0.15) is 0 Å². The number of non-ortho nitro benzene ring substituents is 1. The summed E-state index contributed by atoms with van der Waals surface area (Å²) in [6, 6.07) is 6.73. The average Bonchev–Trinajstić information content (AvgIpc) is 2.92. The molecule has 7 nitrogen and oxygen atoms in total. The normalized spacial score (nSPS) is 11.1. The highest BCUT2D eigenvalue weighted by molar-refractivity contribution is 7.94. The van der Waals surface area contributed by atoms with Gasteiger partial charge in [0.2, 0.25) is 0 Å². The maximum Gasteiger partial charge on any atom is 0.271 e. The molecule has 2 rings (SSSR count). The zero-order valence-electron chi connectivity index (χ0n) is 10.3. The second-order valence-electron chi connectivity index (χ2n) is 3.68. The predicted octanol–water partition coefficient (Wildman–Crippen LogP) is 2.47. The van der Waals surface area contributed by atoms with Crippen LogP contribution >= 0.6 is 11.3 Å². The molecule has 106 valence electrons. The molecule has 20 heavy (non-hydrogen) atoms. The SMILES string of the molecule is COc1ccc([N+](=O)[O-])cc1NS(=O)(=O)c1cccs1. The van der Waals surface area contributed by atoms with Crippen molar-refractivity contribution in [3.8, 4) is 5.75 Å². The lowest BCUT2D eigenvalue weighted by atomic mass is 10.2. The van der Waals surface area contributed by atoms with E-state index in [9.17, 15) is 18.5 Å². The summed E-state index contributed by atoms with van der Waals surface area (Å²) in [6.07, 6.45) is 0. The Morgan fingerprint density at radius 3 is 2.65 bits per heavy atom. The number of thiophene rings is 1. The predicted molar refractivity (Wildman–Crippen MR) is 74.8 cm³/mol. The van der Waals surface area contributed by atoms with Gasteiger partial charge in [0.1, 0.15) is 9.96 Å². The van der Waals surface area contributed by atoms with Gasteiger partial charge in [-0.05, 0) is 17.5 Å². The lowest BCUT2D eigenvalue weighted by molar-refractivity contribution is -0.384. The smallest absolute Gasteiger partial charge is 0.271 e. The lowest BCUT2D eigenvalue weighted by Crippen LogP contribution is -2.12. The van der Waals surface area contributed by atoms with E-state index in [1.165, 1.54) is 25.3 Å². The van der Waals surface area contributed by atoms with E-state index in [-0.39, 0.29) is 21.3 Å². The molecule has 9 heteroatoms. The van der Waals surface area contributed by atoms with Crippen LogP contribution in [-0.4, -0.2) is 20.5 Å². The Bertz CT molecular complexity index is 725. The van der Waals surface area contributed by atoms with Gasteiger partial charge in [0.05, 0.1) is 17.7 Å². The molecular weight excluding hydrogens is 304 g/mol. The summed E-state index contributed by atoms with van der Waals surface area (Å²) in [5, 5.41) is 12.4. The molecule has 1 heterocycles. The highest BCUT2D eigenvalue weighted by atomic mass is 32.2. The highest BCUT2D eigenvalue weighted by Crippen LogP contribution is 2.31. The van der Waals surface area contributed by atoms with Crippen LogP contribution in [0.1, 0.15) is 0 Å². The molecule has 1 N–H and O–H groups in total. The largest absolute Gasteiger partial charge is 0.495 e. The molecule has 0 spiro atoms. The first-order valence-corrected chi connectivity index (χ1v) is 7.69. The Labute approximate surface area is 119 Å². The molecule has 0 saturated heterocycles. The van der Waals surface area contributed by atoms with Gasteiger partial charge in [0.25, 0.3) is 15.7 Å². The summed E-state index contributed by atoms with van der Waals surface area (Å²) >= 11 is 1.05. The zero-order chi connectivity index (χ0) is 14.8. The zero-order valence-corrected chi connectivity index (χ0v) is 11.9. The van der Waals surface area contributed by atoms with Crippen LogP contribution in [0.5, 0.6) is 5.75 Å². The van der Waals surface area contributed by atoms with E-state index < -0.39 is 14.9 Å². The van der Waals surface area contributed by atoms with Crippen LogP contribution in [0.2, 0.25) is 0 Å². The van der Waals surface area contributed by atoms with Crippen LogP contribution in [-0.2, 0) is 10.0 Å². The van der Waals surface area contributed by atoms with E-state index >= 15 is 0 Å². The number of nitro benzene ring substituents is 1. The molecule has 0 bridgehead atoms. The van der Waals surface area contributed by atoms with Crippen molar-refractivity contribution in [1.29, 1.82) is 0 Å². The molecule has 0 fully saturated rings. The number of hydrogen-bond donors (Lipinski definition) is 1. The van der Waals surface area contributed by atoms with Crippen LogP contribution in [0.15, 0.2) is 39.9 Å². The number of nitrogens with zero attached hydrogens (tertiary/aromatic N) is 1. The van der Waals surface area contributed by atoms with Gasteiger partial charge in [-0.1, -0.05) is 6.07 Å². The Balaban J connectivity index is 2.42. The van der Waals surface area contributed by atoms with Crippen molar-refractivity contribution >= 4 is 32.7 Å². The maximum absolute atomic E-state index is 12.1. The first-order chi connectivity index (χ1) is 9.44. The molecule has 0 unspecified atom stereocenters. The monoisotopic (exact) mass is 314 g/mol. The van der Waals surface area contributed by atoms with Crippen LogP contribution in [0.4, 0.5) is 11.4 Å². The van der Waals surface area contributed by atoms with E-state index in [0.717, 1.165) is 17.4 Å². The number of anilines is 1. The fourth-order valence-electron chi connectivity index (χ4n) is 1.50. The molecule has 0 atom stereocenters. The lowest BCUT2D eigenvalue weighted by Gasteiger charge is -2.10. The third-order valence-corrected chi connectivity index (χ3v) is 5.16. The van der Waals surface area contributed by atoms with E-state index in [4.69, 9.17) is 4.74 Å². The molecule has 0 amide bonds. The minimum Gasteiger partial charge on any atom is -0.495 e. The molecule has 1 aromatic heterocycles. The standard InChI is InChI=1S/C11H10N2O5S2/c1-18-10-5-4-8(13(14)15)7-9(10)12-20(16,17)11-3-2-6-19-11/h2-7,12H,1H3. The van der Waals surface area contributed by atoms with Crippen LogP contribution in [0, 0.1) is 10.1 Å². The molecule has 0 saturated carbocycles. The number of hydrogen-bond acceptors (Lipinski definition) is 6. The van der Waals surface area contributed by atoms with Crippen molar-refractivity contribution in [2.45, 2.75) is 4.21 Å². The summed E-state index contributed by atoms with van der Waals surface area (Å²) in [4.78, 5) is 10.1. The Morgan fingerprint density at radius 2 is 2.10 bits per heavy atom. The van der Waals surface area contributed by atoms with Crippen molar-refractivity contribution in [3.63, 3.8) is 0 Å². The van der Waals surface area contributed by atoms with Crippen molar-refractivity contribution < 1.29 is 18.1 Å². The highest BCUT2D eigenvalue weighted by Gasteiger charge is 2.19. The van der Waals surface area contributed by atoms with Crippen molar-refractivity contribution in [3.05, 3.63) is 45.8 Å². The van der Waals surface area contributed by atoms with Gasteiger partial charge < -0.3 is 4.74 Å². The minimum absolute atomic E-state index is 0.0232. The van der Waals surface area contributed by atoms with Crippen molar-refractivity contribution in [2.24, 2.45) is 0 Å². The van der Waals surface area contributed by atoms with E-state index in [0.29, 0.717) is 0 Å². The van der Waals surface area contributed by atoms with E-state index in [2.05, 4.69) is 4.72 Å². The quantitative estimate of drug-likeness (QED) is 0.675. The number of nitro groups is 1. The molecule has 0 aliphatic heterocycles. The second kappa shape index (κ2) is 5.47. The van der Waals surface area contributed by atoms with Crippen LogP contribution in [0.3, 0.4) is 0 Å². The van der Waals surface area contributed by atoms with Gasteiger partial charge in [0, 0.05) is 12.1 Å². The number of rotatable bonds is 5. The number of nitrogens with one attached hydrogen (secondary N) is 1. The summed E-state index contributed by atoms with van der Waals surface area (Å²) in [5.74, 6) is 0.204. The Morgan fingerprint density at radius 1 is 1.35 bits per heavy atom. The maximum atomic E-state index is 12.1. The Hall–Kier alpha value is -2.13. The topological polar surface area (TPSA) is 98.5 Å². The first-order valence-electron chi connectivity index (χ1n) is 5.33. The third kappa shape index (κ3) is 2.89. The van der Waals surface area contributed by atoms with Gasteiger partial charge in [-0.25, -0.2) is 8.42 Å². The van der Waals surface area contributed by atoms with Crippen LogP contribution < -0.4 is 9.46 Å². The van der Waals surface area contributed by atoms with Crippen molar-refractivity contribution in [1.82, 2.24) is 0 Å². The van der Waals surface area contributed by atoms with Gasteiger partial charge in [0.15, 0.2) is 0 Å². The number of benzene rings is 1. The Kier molecular flexibility index (Phi) is 3.91. The average molecular weight is 314 g/mol. The summed E-state index contributed by atoms with van der Waals surface area (Å²) in [5.41, 5.74) is -0.204. The fourth-order valence-corrected chi connectivity index (χ4v) is 3.55. The first kappa shape index (κ1) is 14.3. The number of sulfonamides is 1. The van der Waals surface area contributed by atoms with Crippen LogP contribution in [0.25, 0.3) is 0 Å². The van der Waals surface area contributed by atoms with Gasteiger partial charge >= 0.3 is 0 Å².